The number of nitrogens with two attached hydrogens (primary N) is 1. The number of anilines is 1. The fraction of sp³-hybridized carbons (Fsp3) is 0.391. The Morgan fingerprint density at radius 2 is 1.79 bits per heavy atom. The highest BCUT2D eigenvalue weighted by Crippen LogP contribution is 2.33. The summed E-state index contributed by atoms with van der Waals surface area (Å²) in [7, 11) is 0. The van der Waals surface area contributed by atoms with Crippen LogP contribution >= 0.6 is 11.6 Å². The Labute approximate surface area is 171 Å². The van der Waals surface area contributed by atoms with Gasteiger partial charge >= 0.3 is 0 Å². The molecular formula is C23H27ClN4. The van der Waals surface area contributed by atoms with Crippen LogP contribution in [0.25, 0.3) is 10.9 Å². The molecule has 0 saturated heterocycles. The van der Waals surface area contributed by atoms with E-state index < -0.39 is 0 Å². The zero-order valence-corrected chi connectivity index (χ0v) is 16.9. The normalized spacial score (nSPS) is 19.6. The highest BCUT2D eigenvalue weighted by atomic mass is 35.5. The molecule has 4 nitrogen and oxygen atoms in total. The van der Waals surface area contributed by atoms with Crippen molar-refractivity contribution in [3.8, 4) is 0 Å². The summed E-state index contributed by atoms with van der Waals surface area (Å²) in [6.07, 6.45) is 12.3. The van der Waals surface area contributed by atoms with Gasteiger partial charge in [-0.05, 0) is 80.5 Å². The van der Waals surface area contributed by atoms with Crippen molar-refractivity contribution in [2.45, 2.75) is 50.6 Å². The predicted molar refractivity (Wildman–Crippen MR) is 117 cm³/mol. The van der Waals surface area contributed by atoms with Crippen LogP contribution < -0.4 is 10.6 Å². The topological polar surface area (TPSA) is 55.0 Å². The third kappa shape index (κ3) is 4.45. The number of halogens is 1. The molecule has 2 aromatic heterocycles. The lowest BCUT2D eigenvalue weighted by Crippen LogP contribution is -2.41. The van der Waals surface area contributed by atoms with Gasteiger partial charge in [0, 0.05) is 53.3 Å². The van der Waals surface area contributed by atoms with Crippen LogP contribution in [0, 0.1) is 0 Å². The van der Waals surface area contributed by atoms with E-state index in [1.165, 1.54) is 16.6 Å². The predicted octanol–water partition coefficient (Wildman–Crippen LogP) is 4.99. The summed E-state index contributed by atoms with van der Waals surface area (Å²) >= 11 is 6.19. The third-order valence-corrected chi connectivity index (χ3v) is 6.02. The van der Waals surface area contributed by atoms with Crippen molar-refractivity contribution in [1.29, 1.82) is 0 Å². The van der Waals surface area contributed by atoms with Gasteiger partial charge in [-0.15, -0.1) is 0 Å². The van der Waals surface area contributed by atoms with Crippen LogP contribution in [0.3, 0.4) is 0 Å². The zero-order chi connectivity index (χ0) is 19.3. The van der Waals surface area contributed by atoms with Crippen molar-refractivity contribution in [2.75, 3.05) is 11.4 Å². The molecule has 0 amide bonds. The van der Waals surface area contributed by atoms with Gasteiger partial charge in [0.1, 0.15) is 0 Å². The minimum absolute atomic E-state index is 0.350. The molecule has 1 aromatic carbocycles. The number of fused-ring (bicyclic) bond motifs is 1. The molecule has 0 aliphatic heterocycles. The van der Waals surface area contributed by atoms with E-state index in [1.807, 2.05) is 30.7 Å². The summed E-state index contributed by atoms with van der Waals surface area (Å²) < 4.78 is 0. The van der Waals surface area contributed by atoms with Gasteiger partial charge in [-0.25, -0.2) is 0 Å². The highest BCUT2D eigenvalue weighted by molar-refractivity contribution is 6.31. The number of nitrogens with zero attached hydrogens (tertiary/aromatic N) is 3. The van der Waals surface area contributed by atoms with Gasteiger partial charge in [-0.1, -0.05) is 11.6 Å². The summed E-state index contributed by atoms with van der Waals surface area (Å²) in [5, 5.41) is 1.90. The van der Waals surface area contributed by atoms with E-state index in [0.29, 0.717) is 12.1 Å². The van der Waals surface area contributed by atoms with Crippen molar-refractivity contribution in [3.63, 3.8) is 0 Å². The van der Waals surface area contributed by atoms with Crippen LogP contribution in [0.15, 0.2) is 55.0 Å². The van der Waals surface area contributed by atoms with Gasteiger partial charge in [-0.3, -0.25) is 9.97 Å². The molecule has 1 aliphatic carbocycles. The second-order valence-electron chi connectivity index (χ2n) is 7.71. The first kappa shape index (κ1) is 19.2. The molecule has 2 N–H and O–H groups in total. The molecule has 0 unspecified atom stereocenters. The van der Waals surface area contributed by atoms with Crippen molar-refractivity contribution in [2.24, 2.45) is 5.73 Å². The van der Waals surface area contributed by atoms with E-state index >= 15 is 0 Å². The average Bonchev–Trinajstić information content (AvgIpc) is 2.72. The third-order valence-electron chi connectivity index (χ3n) is 5.79. The van der Waals surface area contributed by atoms with Crippen LogP contribution in [-0.4, -0.2) is 28.6 Å². The summed E-state index contributed by atoms with van der Waals surface area (Å²) in [6, 6.07) is 13.2. The SMILES string of the molecule is NC1CCC(N(CCCc2ccncc2)c2ccnc3cc(Cl)ccc23)CC1. The van der Waals surface area contributed by atoms with E-state index in [4.69, 9.17) is 17.3 Å². The van der Waals surface area contributed by atoms with Crippen molar-refractivity contribution < 1.29 is 0 Å². The van der Waals surface area contributed by atoms with Gasteiger partial charge < -0.3 is 10.6 Å². The fourth-order valence-electron chi connectivity index (χ4n) is 4.27. The van der Waals surface area contributed by atoms with Gasteiger partial charge in [0.15, 0.2) is 0 Å². The number of hydrogen-bond donors (Lipinski definition) is 1. The van der Waals surface area contributed by atoms with Gasteiger partial charge in [0.05, 0.1) is 5.52 Å². The maximum absolute atomic E-state index is 6.19. The molecule has 3 aromatic rings. The van der Waals surface area contributed by atoms with Crippen LogP contribution in [-0.2, 0) is 6.42 Å². The molecule has 1 aliphatic rings. The largest absolute Gasteiger partial charge is 0.368 e. The maximum atomic E-state index is 6.19. The molecule has 0 spiro atoms. The molecule has 146 valence electrons. The number of aromatic nitrogens is 2. The Kier molecular flexibility index (Phi) is 6.08. The first-order valence-electron chi connectivity index (χ1n) is 10.2. The standard InChI is InChI=1S/C23H27ClN4/c24-18-3-8-21-22(16-18)27-14-11-23(21)28(20-6-4-19(25)5-7-20)15-1-2-17-9-12-26-13-10-17/h3,8-14,16,19-20H,1-2,4-7,15,25H2. The van der Waals surface area contributed by atoms with E-state index in [-0.39, 0.29) is 0 Å². The number of pyridine rings is 2. The molecule has 5 heteroatoms. The zero-order valence-electron chi connectivity index (χ0n) is 16.1. The molecule has 0 atom stereocenters. The fourth-order valence-corrected chi connectivity index (χ4v) is 4.44. The first-order valence-corrected chi connectivity index (χ1v) is 10.5. The number of hydrogen-bond acceptors (Lipinski definition) is 4. The van der Waals surface area contributed by atoms with Gasteiger partial charge in [-0.2, -0.15) is 0 Å². The Hall–Kier alpha value is -2.17. The Morgan fingerprint density at radius 1 is 1.00 bits per heavy atom. The van der Waals surface area contributed by atoms with Crippen LogP contribution in [0.4, 0.5) is 5.69 Å². The van der Waals surface area contributed by atoms with E-state index in [9.17, 15) is 0 Å². The van der Waals surface area contributed by atoms with Crippen molar-refractivity contribution >= 4 is 28.2 Å². The lowest BCUT2D eigenvalue weighted by Gasteiger charge is -2.38. The van der Waals surface area contributed by atoms with Gasteiger partial charge in [0.2, 0.25) is 0 Å². The molecule has 4 rings (SSSR count). The molecule has 1 fully saturated rings. The molecule has 0 bridgehead atoms. The smallest absolute Gasteiger partial charge is 0.0737 e. The summed E-state index contributed by atoms with van der Waals surface area (Å²) in [4.78, 5) is 11.2. The average molecular weight is 395 g/mol. The summed E-state index contributed by atoms with van der Waals surface area (Å²) in [5.41, 5.74) is 9.73. The Bertz CT molecular complexity index is 907. The van der Waals surface area contributed by atoms with Crippen LogP contribution in [0.2, 0.25) is 5.02 Å². The second-order valence-corrected chi connectivity index (χ2v) is 8.15. The quantitative estimate of drug-likeness (QED) is 0.639. The molecule has 28 heavy (non-hydrogen) atoms. The van der Waals surface area contributed by atoms with Gasteiger partial charge in [0.25, 0.3) is 0 Å². The van der Waals surface area contributed by atoms with E-state index in [0.717, 1.165) is 55.6 Å². The van der Waals surface area contributed by atoms with E-state index in [2.05, 4.69) is 39.1 Å². The van der Waals surface area contributed by atoms with Crippen molar-refractivity contribution in [1.82, 2.24) is 9.97 Å². The minimum Gasteiger partial charge on any atom is -0.368 e. The maximum Gasteiger partial charge on any atom is 0.0737 e. The summed E-state index contributed by atoms with van der Waals surface area (Å²) in [6.45, 7) is 1.02. The Balaban J connectivity index is 1.59. The number of aryl methyl sites for hydroxylation is 1. The number of rotatable bonds is 6. The lowest BCUT2D eigenvalue weighted by molar-refractivity contribution is 0.375. The molecule has 1 saturated carbocycles. The Morgan fingerprint density at radius 3 is 2.57 bits per heavy atom. The molecule has 2 heterocycles. The van der Waals surface area contributed by atoms with Crippen molar-refractivity contribution in [3.05, 3.63) is 65.6 Å². The first-order chi connectivity index (χ1) is 13.7. The monoisotopic (exact) mass is 394 g/mol. The molecule has 0 radical (unpaired) electrons. The lowest BCUT2D eigenvalue weighted by atomic mass is 9.90. The highest BCUT2D eigenvalue weighted by Gasteiger charge is 2.25. The number of benzene rings is 1. The van der Waals surface area contributed by atoms with Crippen LogP contribution in [0.1, 0.15) is 37.7 Å². The summed E-state index contributed by atoms with van der Waals surface area (Å²) in [5.74, 6) is 0. The molecular weight excluding hydrogens is 368 g/mol. The van der Waals surface area contributed by atoms with Crippen LogP contribution in [0.5, 0.6) is 0 Å². The second kappa shape index (κ2) is 8.89. The minimum atomic E-state index is 0.350. The van der Waals surface area contributed by atoms with E-state index in [1.54, 1.807) is 0 Å².